The van der Waals surface area contributed by atoms with Crippen molar-refractivity contribution in [3.63, 3.8) is 0 Å². The molecule has 1 aromatic carbocycles. The fourth-order valence-corrected chi connectivity index (χ4v) is 2.42. The van der Waals surface area contributed by atoms with Crippen molar-refractivity contribution in [2.45, 2.75) is 6.04 Å². The number of methoxy groups -OCH3 is 1. The Morgan fingerprint density at radius 1 is 1.37 bits per heavy atom. The van der Waals surface area contributed by atoms with Crippen molar-refractivity contribution in [1.82, 2.24) is 4.90 Å². The minimum atomic E-state index is 0.289. The molecule has 19 heavy (non-hydrogen) atoms. The Labute approximate surface area is 119 Å². The van der Waals surface area contributed by atoms with Gasteiger partial charge in [-0.05, 0) is 12.1 Å². The Kier molecular flexibility index (Phi) is 5.76. The number of para-hydroxylation sites is 2. The number of nitrogens with zero attached hydrogens (tertiary/aromatic N) is 1. The molecule has 4 nitrogen and oxygen atoms in total. The molecule has 0 spiro atoms. The predicted octanol–water partition coefficient (Wildman–Crippen LogP) is 2.01. The van der Waals surface area contributed by atoms with Crippen LogP contribution in [0.15, 0.2) is 24.3 Å². The van der Waals surface area contributed by atoms with Crippen molar-refractivity contribution in [2.75, 3.05) is 45.9 Å². The number of hydrogen-bond donors (Lipinski definition) is 0. The van der Waals surface area contributed by atoms with Gasteiger partial charge >= 0.3 is 0 Å². The Balaban J connectivity index is 1.82. The van der Waals surface area contributed by atoms with Gasteiger partial charge in [-0.3, -0.25) is 4.90 Å². The van der Waals surface area contributed by atoms with Gasteiger partial charge in [0.25, 0.3) is 0 Å². The Bertz CT molecular complexity index is 389. The summed E-state index contributed by atoms with van der Waals surface area (Å²) in [5.74, 6) is 2.13. The minimum Gasteiger partial charge on any atom is -0.493 e. The van der Waals surface area contributed by atoms with E-state index in [9.17, 15) is 0 Å². The molecule has 1 aliphatic rings. The highest BCUT2D eigenvalue weighted by Gasteiger charge is 2.21. The van der Waals surface area contributed by atoms with Crippen molar-refractivity contribution < 1.29 is 14.2 Å². The lowest BCUT2D eigenvalue weighted by Gasteiger charge is -2.34. The van der Waals surface area contributed by atoms with E-state index < -0.39 is 0 Å². The molecule has 1 atom stereocenters. The van der Waals surface area contributed by atoms with Crippen molar-refractivity contribution in [3.05, 3.63) is 24.3 Å². The van der Waals surface area contributed by atoms with Crippen molar-refractivity contribution in [1.29, 1.82) is 0 Å². The summed E-state index contributed by atoms with van der Waals surface area (Å²) in [6, 6.07) is 7.96. The molecule has 0 radical (unpaired) electrons. The highest BCUT2D eigenvalue weighted by Crippen LogP contribution is 2.25. The fraction of sp³-hybridized carbons (Fsp3) is 0.571. The second-order valence-electron chi connectivity index (χ2n) is 4.42. The number of morpholine rings is 1. The molecule has 0 saturated carbocycles. The summed E-state index contributed by atoms with van der Waals surface area (Å²) in [7, 11) is 1.65. The van der Waals surface area contributed by atoms with Crippen molar-refractivity contribution >= 4 is 11.6 Å². The highest BCUT2D eigenvalue weighted by molar-refractivity contribution is 6.18. The SMILES string of the molecule is COc1ccccc1OCCN1CCOCC1CCl. The largest absolute Gasteiger partial charge is 0.493 e. The van der Waals surface area contributed by atoms with E-state index in [1.807, 2.05) is 24.3 Å². The van der Waals surface area contributed by atoms with Crippen LogP contribution < -0.4 is 9.47 Å². The van der Waals surface area contributed by atoms with Gasteiger partial charge in [0.2, 0.25) is 0 Å². The van der Waals surface area contributed by atoms with Crippen LogP contribution in [0.3, 0.4) is 0 Å². The molecule has 1 aromatic rings. The van der Waals surface area contributed by atoms with E-state index >= 15 is 0 Å². The number of ether oxygens (including phenoxy) is 3. The lowest BCUT2D eigenvalue weighted by molar-refractivity contribution is -0.00395. The second-order valence-corrected chi connectivity index (χ2v) is 4.73. The molecule has 1 saturated heterocycles. The van der Waals surface area contributed by atoms with Crippen LogP contribution in [-0.2, 0) is 4.74 Å². The normalized spacial score (nSPS) is 20.2. The summed E-state index contributed by atoms with van der Waals surface area (Å²) in [5, 5.41) is 0. The van der Waals surface area contributed by atoms with Gasteiger partial charge < -0.3 is 14.2 Å². The lowest BCUT2D eigenvalue weighted by Crippen LogP contribution is -2.48. The maximum atomic E-state index is 5.94. The lowest BCUT2D eigenvalue weighted by atomic mass is 10.2. The van der Waals surface area contributed by atoms with E-state index in [4.69, 9.17) is 25.8 Å². The summed E-state index contributed by atoms with van der Waals surface area (Å²) in [6.45, 7) is 3.85. The first-order chi connectivity index (χ1) is 9.35. The Morgan fingerprint density at radius 2 is 2.16 bits per heavy atom. The molecule has 0 aliphatic carbocycles. The third-order valence-electron chi connectivity index (χ3n) is 3.23. The van der Waals surface area contributed by atoms with E-state index in [1.54, 1.807) is 7.11 Å². The maximum absolute atomic E-state index is 5.94. The standard InChI is InChI=1S/C14H20ClNO3/c1-17-13-4-2-3-5-14(13)19-9-7-16-6-8-18-11-12(16)10-15/h2-5,12H,6-11H2,1H3. The molecule has 5 heteroatoms. The topological polar surface area (TPSA) is 30.9 Å². The zero-order valence-corrected chi connectivity index (χ0v) is 11.9. The van der Waals surface area contributed by atoms with Crippen LogP contribution in [-0.4, -0.2) is 56.8 Å². The van der Waals surface area contributed by atoms with Gasteiger partial charge in [0.05, 0.1) is 20.3 Å². The molecule has 0 aromatic heterocycles. The summed E-state index contributed by atoms with van der Waals surface area (Å²) in [4.78, 5) is 2.31. The summed E-state index contributed by atoms with van der Waals surface area (Å²) in [5.41, 5.74) is 0. The van der Waals surface area contributed by atoms with Crippen molar-refractivity contribution in [2.24, 2.45) is 0 Å². The van der Waals surface area contributed by atoms with E-state index in [2.05, 4.69) is 4.90 Å². The minimum absolute atomic E-state index is 0.289. The van der Waals surface area contributed by atoms with Crippen LogP contribution in [0.4, 0.5) is 0 Å². The summed E-state index contributed by atoms with van der Waals surface area (Å²) in [6.07, 6.45) is 0. The van der Waals surface area contributed by atoms with Gasteiger partial charge in [0.1, 0.15) is 6.61 Å². The zero-order chi connectivity index (χ0) is 13.5. The predicted molar refractivity (Wildman–Crippen MR) is 75.4 cm³/mol. The third kappa shape index (κ3) is 4.00. The molecule has 1 unspecified atom stereocenters. The molecule has 0 N–H and O–H groups in total. The molecule has 1 aliphatic heterocycles. The Morgan fingerprint density at radius 3 is 2.89 bits per heavy atom. The monoisotopic (exact) mass is 285 g/mol. The van der Waals surface area contributed by atoms with Crippen LogP contribution in [0.2, 0.25) is 0 Å². The number of halogens is 1. The first-order valence-corrected chi connectivity index (χ1v) is 7.02. The van der Waals surface area contributed by atoms with Gasteiger partial charge in [-0.15, -0.1) is 11.6 Å². The van der Waals surface area contributed by atoms with Crippen molar-refractivity contribution in [3.8, 4) is 11.5 Å². The van der Waals surface area contributed by atoms with Crippen LogP contribution >= 0.6 is 11.6 Å². The van der Waals surface area contributed by atoms with Gasteiger partial charge in [0, 0.05) is 25.0 Å². The molecule has 2 rings (SSSR count). The first kappa shape index (κ1) is 14.4. The average molecular weight is 286 g/mol. The third-order valence-corrected chi connectivity index (χ3v) is 3.59. The smallest absolute Gasteiger partial charge is 0.161 e. The van der Waals surface area contributed by atoms with E-state index in [-0.39, 0.29) is 6.04 Å². The molecule has 106 valence electrons. The highest BCUT2D eigenvalue weighted by atomic mass is 35.5. The zero-order valence-electron chi connectivity index (χ0n) is 11.2. The van der Waals surface area contributed by atoms with Gasteiger partial charge in [0.15, 0.2) is 11.5 Å². The van der Waals surface area contributed by atoms with E-state index in [0.29, 0.717) is 19.1 Å². The number of benzene rings is 1. The summed E-state index contributed by atoms with van der Waals surface area (Å²) >= 11 is 5.94. The summed E-state index contributed by atoms with van der Waals surface area (Å²) < 4.78 is 16.4. The van der Waals surface area contributed by atoms with Crippen LogP contribution in [0.1, 0.15) is 0 Å². The molecular weight excluding hydrogens is 266 g/mol. The quantitative estimate of drug-likeness (QED) is 0.748. The van der Waals surface area contributed by atoms with Gasteiger partial charge in [-0.2, -0.15) is 0 Å². The molecule has 1 fully saturated rings. The van der Waals surface area contributed by atoms with Gasteiger partial charge in [-0.25, -0.2) is 0 Å². The number of alkyl halides is 1. The molecular formula is C14H20ClNO3. The molecule has 0 bridgehead atoms. The number of hydrogen-bond acceptors (Lipinski definition) is 4. The maximum Gasteiger partial charge on any atom is 0.161 e. The van der Waals surface area contributed by atoms with E-state index in [0.717, 1.165) is 31.2 Å². The fourth-order valence-electron chi connectivity index (χ4n) is 2.14. The molecule has 0 amide bonds. The Hall–Kier alpha value is -0.970. The average Bonchev–Trinajstić information content (AvgIpc) is 2.48. The molecule has 1 heterocycles. The number of rotatable bonds is 6. The van der Waals surface area contributed by atoms with Crippen LogP contribution in [0.25, 0.3) is 0 Å². The van der Waals surface area contributed by atoms with E-state index in [1.165, 1.54) is 0 Å². The van der Waals surface area contributed by atoms with Crippen LogP contribution in [0.5, 0.6) is 11.5 Å². The second kappa shape index (κ2) is 7.58. The van der Waals surface area contributed by atoms with Crippen LogP contribution in [0, 0.1) is 0 Å². The first-order valence-electron chi connectivity index (χ1n) is 6.48. The van der Waals surface area contributed by atoms with Gasteiger partial charge in [-0.1, -0.05) is 12.1 Å².